The summed E-state index contributed by atoms with van der Waals surface area (Å²) in [5.41, 5.74) is 13.7. The van der Waals surface area contributed by atoms with Crippen LogP contribution in [0.15, 0.2) is 39.9 Å². The van der Waals surface area contributed by atoms with Crippen LogP contribution in [0.4, 0.5) is 5.13 Å². The quantitative estimate of drug-likeness (QED) is 0.0376. The Hall–Kier alpha value is -4.29. The lowest BCUT2D eigenvalue weighted by atomic mass is 10.1. The van der Waals surface area contributed by atoms with E-state index in [0.29, 0.717) is 17.7 Å². The number of oxime groups is 1. The third-order valence-electron chi connectivity index (χ3n) is 4.44. The normalized spacial score (nSPS) is 16.2. The monoisotopic (exact) mass is 540 g/mol. The number of aromatic nitrogens is 1. The van der Waals surface area contributed by atoms with Crippen LogP contribution in [0.25, 0.3) is 0 Å². The lowest BCUT2D eigenvalue weighted by Crippen LogP contribution is -2.65. The SMILES string of the molecule is NC(=NNC=O)c1ccc(OCCO/N=C(\C(=O)N[C@H]2CN(S(=O)(=O)O)C2=O)c2csc(N)n2)cc1. The van der Waals surface area contributed by atoms with Crippen LogP contribution in [0.2, 0.25) is 0 Å². The van der Waals surface area contributed by atoms with E-state index in [1.807, 2.05) is 0 Å². The summed E-state index contributed by atoms with van der Waals surface area (Å²) in [6, 6.07) is 5.30. The van der Waals surface area contributed by atoms with Crippen LogP contribution in [0.5, 0.6) is 5.75 Å². The summed E-state index contributed by atoms with van der Waals surface area (Å²) in [7, 11) is -4.70. The molecule has 1 fully saturated rings. The van der Waals surface area contributed by atoms with Gasteiger partial charge in [-0.1, -0.05) is 5.16 Å². The van der Waals surface area contributed by atoms with Crippen LogP contribution in [0, 0.1) is 0 Å². The molecule has 0 aliphatic carbocycles. The number of nitrogen functional groups attached to an aromatic ring is 1. The molecule has 16 nitrogen and oxygen atoms in total. The van der Waals surface area contributed by atoms with Gasteiger partial charge in [-0.3, -0.25) is 18.9 Å². The fraction of sp³-hybridized carbons (Fsp3) is 0.222. The number of thiazole rings is 1. The van der Waals surface area contributed by atoms with Crippen molar-refractivity contribution in [3.8, 4) is 5.75 Å². The van der Waals surface area contributed by atoms with E-state index in [9.17, 15) is 22.8 Å². The number of nitrogens with zero attached hydrogens (tertiary/aromatic N) is 4. The van der Waals surface area contributed by atoms with Crippen LogP contribution < -0.4 is 26.9 Å². The van der Waals surface area contributed by atoms with E-state index in [0.717, 1.165) is 11.3 Å². The van der Waals surface area contributed by atoms with Gasteiger partial charge < -0.3 is 26.4 Å². The molecule has 18 heteroatoms. The van der Waals surface area contributed by atoms with Crippen molar-refractivity contribution in [1.82, 2.24) is 20.0 Å². The van der Waals surface area contributed by atoms with Crippen molar-refractivity contribution in [1.29, 1.82) is 0 Å². The number of nitrogens with two attached hydrogens (primary N) is 2. The summed E-state index contributed by atoms with van der Waals surface area (Å²) >= 11 is 1.04. The van der Waals surface area contributed by atoms with E-state index in [4.69, 9.17) is 25.6 Å². The second kappa shape index (κ2) is 11.4. The van der Waals surface area contributed by atoms with Gasteiger partial charge in [-0.2, -0.15) is 13.5 Å². The molecule has 0 unspecified atom stereocenters. The van der Waals surface area contributed by atoms with Gasteiger partial charge in [0.25, 0.3) is 11.8 Å². The standard InChI is InChI=1S/C18H20N8O8S2/c19-15(24-21-9-27)10-1-3-11(4-2-10)33-5-6-34-25-14(13-8-35-18(20)23-13)16(28)22-12-7-26(17(12)29)36(30,31)32/h1-4,8-9,12H,5-7H2,(H2,19,24)(H2,20,23)(H,21,27)(H,22,28)(H,30,31,32)/b25-14-/t12-/m0/s1. The fourth-order valence-electron chi connectivity index (χ4n) is 2.73. The molecule has 0 radical (unpaired) electrons. The summed E-state index contributed by atoms with van der Waals surface area (Å²) < 4.78 is 36.7. The number of rotatable bonds is 12. The Bertz CT molecular complexity index is 1290. The van der Waals surface area contributed by atoms with Gasteiger partial charge in [-0.25, -0.2) is 14.7 Å². The largest absolute Gasteiger partial charge is 0.490 e. The van der Waals surface area contributed by atoms with Crippen molar-refractivity contribution >= 4 is 56.5 Å². The fourth-order valence-corrected chi connectivity index (χ4v) is 3.97. The van der Waals surface area contributed by atoms with Crippen LogP contribution in [-0.2, 0) is 29.5 Å². The smallest absolute Gasteiger partial charge is 0.362 e. The molecule has 2 aromatic rings. The summed E-state index contributed by atoms with van der Waals surface area (Å²) in [5.74, 6) is -1.29. The summed E-state index contributed by atoms with van der Waals surface area (Å²) in [4.78, 5) is 43.9. The number of carbonyl (C=O) groups is 3. The second-order valence-electron chi connectivity index (χ2n) is 6.83. The van der Waals surface area contributed by atoms with Gasteiger partial charge in [0.05, 0.1) is 6.54 Å². The Morgan fingerprint density at radius 1 is 1.33 bits per heavy atom. The molecule has 1 atom stereocenters. The minimum atomic E-state index is -4.70. The van der Waals surface area contributed by atoms with Crippen LogP contribution in [0.3, 0.4) is 0 Å². The molecule has 192 valence electrons. The van der Waals surface area contributed by atoms with E-state index in [2.05, 4.69) is 26.0 Å². The number of ether oxygens (including phenoxy) is 1. The maximum absolute atomic E-state index is 12.6. The molecule has 1 aliphatic heterocycles. The van der Waals surface area contributed by atoms with E-state index < -0.39 is 34.7 Å². The minimum Gasteiger partial charge on any atom is -0.490 e. The highest BCUT2D eigenvalue weighted by Gasteiger charge is 2.45. The van der Waals surface area contributed by atoms with Gasteiger partial charge in [0.15, 0.2) is 23.3 Å². The molecule has 1 aliphatic rings. The molecule has 3 amide bonds. The van der Waals surface area contributed by atoms with E-state index in [1.54, 1.807) is 24.3 Å². The van der Waals surface area contributed by atoms with Crippen molar-refractivity contribution in [2.24, 2.45) is 16.0 Å². The number of β-lactam (4-membered cyclic amide) rings is 1. The third kappa shape index (κ3) is 6.64. The molecule has 0 saturated carbocycles. The molecule has 7 N–H and O–H groups in total. The third-order valence-corrected chi connectivity index (χ3v) is 6.00. The Morgan fingerprint density at radius 3 is 2.64 bits per heavy atom. The van der Waals surface area contributed by atoms with Crippen molar-refractivity contribution < 1.29 is 36.9 Å². The minimum absolute atomic E-state index is 0.0393. The topological polar surface area (TPSA) is 241 Å². The zero-order chi connectivity index (χ0) is 26.3. The number of nitrogens with one attached hydrogen (secondary N) is 2. The van der Waals surface area contributed by atoms with Crippen LogP contribution in [-0.4, -0.2) is 77.8 Å². The molecule has 1 saturated heterocycles. The summed E-state index contributed by atoms with van der Waals surface area (Å²) in [5, 5.41) is 11.3. The van der Waals surface area contributed by atoms with Crippen molar-refractivity contribution in [2.75, 3.05) is 25.5 Å². The Morgan fingerprint density at radius 2 is 2.06 bits per heavy atom. The average Bonchev–Trinajstić information content (AvgIpc) is 3.26. The van der Waals surface area contributed by atoms with Crippen LogP contribution in [0.1, 0.15) is 11.3 Å². The number of amidine groups is 1. The first kappa shape index (κ1) is 26.3. The van der Waals surface area contributed by atoms with Crippen molar-refractivity contribution in [3.05, 3.63) is 40.9 Å². The van der Waals surface area contributed by atoms with Gasteiger partial charge in [0.1, 0.15) is 24.1 Å². The van der Waals surface area contributed by atoms with Gasteiger partial charge in [0, 0.05) is 10.9 Å². The van der Waals surface area contributed by atoms with E-state index >= 15 is 0 Å². The van der Waals surface area contributed by atoms with Gasteiger partial charge in [-0.15, -0.1) is 11.3 Å². The summed E-state index contributed by atoms with van der Waals surface area (Å²) in [6.45, 7) is -0.476. The number of hydrogen-bond donors (Lipinski definition) is 5. The van der Waals surface area contributed by atoms with Gasteiger partial charge >= 0.3 is 10.3 Å². The number of benzene rings is 1. The number of hydrogen-bond acceptors (Lipinski definition) is 12. The molecular weight excluding hydrogens is 520 g/mol. The first-order valence-corrected chi connectivity index (χ1v) is 12.1. The molecule has 1 aromatic carbocycles. The average molecular weight is 541 g/mol. The molecule has 0 spiro atoms. The Balaban J connectivity index is 1.56. The van der Waals surface area contributed by atoms with Crippen molar-refractivity contribution in [2.45, 2.75) is 6.04 Å². The number of anilines is 1. The molecule has 0 bridgehead atoms. The molecule has 2 heterocycles. The molecule has 36 heavy (non-hydrogen) atoms. The lowest BCUT2D eigenvalue weighted by Gasteiger charge is -2.35. The number of amides is 3. The lowest BCUT2D eigenvalue weighted by molar-refractivity contribution is -0.139. The summed E-state index contributed by atoms with van der Waals surface area (Å²) in [6.07, 6.45) is 0.384. The molecule has 3 rings (SSSR count). The Labute approximate surface area is 207 Å². The number of hydrazone groups is 1. The highest BCUT2D eigenvalue weighted by atomic mass is 32.2. The zero-order valence-electron chi connectivity index (χ0n) is 18.2. The van der Waals surface area contributed by atoms with E-state index in [-0.39, 0.29) is 39.9 Å². The zero-order valence-corrected chi connectivity index (χ0v) is 19.9. The predicted molar refractivity (Wildman–Crippen MR) is 126 cm³/mol. The molecule has 1 aromatic heterocycles. The highest BCUT2D eigenvalue weighted by Crippen LogP contribution is 2.16. The predicted octanol–water partition coefficient (Wildman–Crippen LogP) is -1.98. The van der Waals surface area contributed by atoms with E-state index in [1.165, 1.54) is 5.38 Å². The highest BCUT2D eigenvalue weighted by molar-refractivity contribution is 7.84. The maximum Gasteiger partial charge on any atom is 0.362 e. The maximum atomic E-state index is 12.6. The molecular formula is C18H20N8O8S2. The first-order valence-electron chi connectivity index (χ1n) is 9.87. The van der Waals surface area contributed by atoms with Crippen molar-refractivity contribution in [3.63, 3.8) is 0 Å². The Kier molecular flexibility index (Phi) is 8.35. The van der Waals surface area contributed by atoms with Gasteiger partial charge in [-0.05, 0) is 24.3 Å². The van der Waals surface area contributed by atoms with Crippen LogP contribution >= 0.6 is 11.3 Å². The second-order valence-corrected chi connectivity index (χ2v) is 9.06. The first-order chi connectivity index (χ1) is 17.1. The van der Waals surface area contributed by atoms with Gasteiger partial charge in [0.2, 0.25) is 6.41 Å². The number of carbonyl (C=O) groups excluding carboxylic acids is 3.